The minimum absolute atomic E-state index is 0.161. The van der Waals surface area contributed by atoms with Gasteiger partial charge in [-0.2, -0.15) is 0 Å². The van der Waals surface area contributed by atoms with E-state index < -0.39 is 0 Å². The van der Waals surface area contributed by atoms with E-state index in [1.54, 1.807) is 11.9 Å². The van der Waals surface area contributed by atoms with E-state index in [2.05, 4.69) is 15.7 Å². The van der Waals surface area contributed by atoms with Crippen LogP contribution >= 0.6 is 11.9 Å². The summed E-state index contributed by atoms with van der Waals surface area (Å²) in [7, 11) is 0. The summed E-state index contributed by atoms with van der Waals surface area (Å²) in [4.78, 5) is 11.9. The molecule has 2 aliphatic rings. The molecule has 15 heavy (non-hydrogen) atoms. The van der Waals surface area contributed by atoms with Gasteiger partial charge in [0, 0.05) is 18.8 Å². The molecule has 1 aromatic carbocycles. The lowest BCUT2D eigenvalue weighted by Crippen LogP contribution is -2.59. The largest absolute Gasteiger partial charge is 0.325 e. The van der Waals surface area contributed by atoms with Gasteiger partial charge in [-0.05, 0) is 17.9 Å². The van der Waals surface area contributed by atoms with Crippen molar-refractivity contribution in [1.82, 2.24) is 4.31 Å². The van der Waals surface area contributed by atoms with Crippen LogP contribution in [0, 0.1) is 0 Å². The van der Waals surface area contributed by atoms with Crippen LogP contribution in [-0.4, -0.2) is 29.6 Å². The van der Waals surface area contributed by atoms with Crippen LogP contribution in [0.1, 0.15) is 5.56 Å². The van der Waals surface area contributed by atoms with Crippen LogP contribution in [0.15, 0.2) is 24.3 Å². The second-order valence-electron chi connectivity index (χ2n) is 4.06. The molecule has 1 spiro atoms. The first-order valence-corrected chi connectivity index (χ1v) is 6.14. The summed E-state index contributed by atoms with van der Waals surface area (Å²) in [6.07, 6.45) is 2.05. The Morgan fingerprint density at radius 3 is 2.87 bits per heavy atom. The Bertz CT molecular complexity index is 426. The standard InChI is InChI=1S/C11H12N2OS/c1-15-13-6-11(7-13)8-4-2-3-5-9(8)12-10(11)14/h2-5H,6-7H2,1H3,(H,12,14). The maximum absolute atomic E-state index is 11.9. The number of rotatable bonds is 1. The summed E-state index contributed by atoms with van der Waals surface area (Å²) in [6, 6.07) is 8.00. The number of benzene rings is 1. The molecule has 0 unspecified atom stereocenters. The Balaban J connectivity index is 2.01. The molecule has 1 aromatic rings. The molecule has 0 aliphatic carbocycles. The first-order chi connectivity index (χ1) is 7.26. The summed E-state index contributed by atoms with van der Waals surface area (Å²) in [5.41, 5.74) is 1.89. The molecule has 0 bridgehead atoms. The van der Waals surface area contributed by atoms with E-state index in [0.29, 0.717) is 0 Å². The van der Waals surface area contributed by atoms with Gasteiger partial charge >= 0.3 is 0 Å². The van der Waals surface area contributed by atoms with Crippen molar-refractivity contribution in [3.05, 3.63) is 29.8 Å². The normalized spacial score (nSPS) is 22.3. The third kappa shape index (κ3) is 1.09. The Morgan fingerprint density at radius 2 is 2.13 bits per heavy atom. The predicted molar refractivity (Wildman–Crippen MR) is 61.8 cm³/mol. The second kappa shape index (κ2) is 3.00. The molecule has 0 aromatic heterocycles. The molecule has 1 N–H and O–H groups in total. The zero-order chi connectivity index (χ0) is 10.5. The third-order valence-electron chi connectivity index (χ3n) is 3.28. The smallest absolute Gasteiger partial charge is 0.237 e. The maximum Gasteiger partial charge on any atom is 0.237 e. The lowest BCUT2D eigenvalue weighted by atomic mass is 9.76. The molecule has 3 rings (SSSR count). The molecule has 2 heterocycles. The van der Waals surface area contributed by atoms with Crippen LogP contribution in [0.3, 0.4) is 0 Å². The summed E-state index contributed by atoms with van der Waals surface area (Å²) < 4.78 is 2.21. The van der Waals surface area contributed by atoms with Crippen molar-refractivity contribution >= 4 is 23.5 Å². The van der Waals surface area contributed by atoms with Crippen LogP contribution in [0.4, 0.5) is 5.69 Å². The third-order valence-corrected chi connectivity index (χ3v) is 4.05. The van der Waals surface area contributed by atoms with E-state index in [9.17, 15) is 4.79 Å². The van der Waals surface area contributed by atoms with Gasteiger partial charge in [-0.1, -0.05) is 30.1 Å². The SMILES string of the molecule is CSN1CC2(C1)C(=O)Nc1ccccc12. The number of carbonyl (C=O) groups is 1. The quantitative estimate of drug-likeness (QED) is 0.727. The average molecular weight is 220 g/mol. The van der Waals surface area contributed by atoms with Crippen LogP contribution in [-0.2, 0) is 10.2 Å². The van der Waals surface area contributed by atoms with Crippen molar-refractivity contribution in [2.24, 2.45) is 0 Å². The van der Waals surface area contributed by atoms with Crippen molar-refractivity contribution in [2.45, 2.75) is 5.41 Å². The number of anilines is 1. The number of nitrogens with one attached hydrogen (secondary N) is 1. The number of hydrogen-bond acceptors (Lipinski definition) is 3. The summed E-state index contributed by atoms with van der Waals surface area (Å²) in [5, 5.41) is 2.96. The lowest BCUT2D eigenvalue weighted by Gasteiger charge is -2.44. The van der Waals surface area contributed by atoms with Gasteiger partial charge in [0.1, 0.15) is 5.41 Å². The highest BCUT2D eigenvalue weighted by molar-refractivity contribution is 7.96. The zero-order valence-electron chi connectivity index (χ0n) is 8.49. The van der Waals surface area contributed by atoms with E-state index >= 15 is 0 Å². The fraction of sp³-hybridized carbons (Fsp3) is 0.364. The monoisotopic (exact) mass is 220 g/mol. The van der Waals surface area contributed by atoms with Gasteiger partial charge in [-0.15, -0.1) is 0 Å². The van der Waals surface area contributed by atoms with Crippen LogP contribution in [0.5, 0.6) is 0 Å². The molecule has 2 aliphatic heterocycles. The van der Waals surface area contributed by atoms with Crippen LogP contribution in [0.25, 0.3) is 0 Å². The summed E-state index contributed by atoms with van der Waals surface area (Å²) >= 11 is 1.70. The topological polar surface area (TPSA) is 32.3 Å². The Hall–Kier alpha value is -1.00. The fourth-order valence-electron chi connectivity index (χ4n) is 2.37. The summed E-state index contributed by atoms with van der Waals surface area (Å²) in [6.45, 7) is 1.66. The first-order valence-electron chi connectivity index (χ1n) is 4.96. The lowest BCUT2D eigenvalue weighted by molar-refractivity contribution is -0.124. The first kappa shape index (κ1) is 9.24. The van der Waals surface area contributed by atoms with Crippen molar-refractivity contribution in [2.75, 3.05) is 24.7 Å². The van der Waals surface area contributed by atoms with Crippen LogP contribution in [0.2, 0.25) is 0 Å². The van der Waals surface area contributed by atoms with Gasteiger partial charge in [-0.3, -0.25) is 4.79 Å². The van der Waals surface area contributed by atoms with Crippen molar-refractivity contribution in [3.63, 3.8) is 0 Å². The second-order valence-corrected chi connectivity index (χ2v) is 4.94. The molecule has 4 heteroatoms. The van der Waals surface area contributed by atoms with Crippen molar-refractivity contribution < 1.29 is 4.79 Å². The molecule has 0 saturated carbocycles. The highest BCUT2D eigenvalue weighted by atomic mass is 32.2. The molecule has 1 fully saturated rings. The molecule has 1 amide bonds. The van der Waals surface area contributed by atoms with Gasteiger partial charge in [0.05, 0.1) is 0 Å². The molecule has 1 saturated heterocycles. The van der Waals surface area contributed by atoms with Crippen LogP contribution < -0.4 is 5.32 Å². The molecule has 78 valence electrons. The van der Waals surface area contributed by atoms with E-state index in [4.69, 9.17) is 0 Å². The van der Waals surface area contributed by atoms with Gasteiger partial charge in [0.2, 0.25) is 5.91 Å². The van der Waals surface area contributed by atoms with Gasteiger partial charge in [0.25, 0.3) is 0 Å². The maximum atomic E-state index is 11.9. The van der Waals surface area contributed by atoms with Crippen molar-refractivity contribution in [1.29, 1.82) is 0 Å². The zero-order valence-corrected chi connectivity index (χ0v) is 9.30. The number of para-hydroxylation sites is 1. The van der Waals surface area contributed by atoms with E-state index in [1.807, 2.05) is 24.5 Å². The van der Waals surface area contributed by atoms with E-state index in [-0.39, 0.29) is 11.3 Å². The number of amides is 1. The minimum atomic E-state index is -0.264. The van der Waals surface area contributed by atoms with E-state index in [0.717, 1.165) is 18.8 Å². The Labute approximate surface area is 93.0 Å². The Kier molecular flexibility index (Phi) is 1.85. The Morgan fingerprint density at radius 1 is 1.40 bits per heavy atom. The van der Waals surface area contributed by atoms with E-state index in [1.165, 1.54) is 5.56 Å². The van der Waals surface area contributed by atoms with Crippen molar-refractivity contribution in [3.8, 4) is 0 Å². The number of nitrogens with zero attached hydrogens (tertiary/aromatic N) is 1. The molecule has 3 nitrogen and oxygen atoms in total. The average Bonchev–Trinajstić information content (AvgIpc) is 2.47. The number of fused-ring (bicyclic) bond motifs is 2. The highest BCUT2D eigenvalue weighted by Gasteiger charge is 2.54. The predicted octanol–water partition coefficient (Wildman–Crippen LogP) is 1.47. The molecule has 0 radical (unpaired) electrons. The minimum Gasteiger partial charge on any atom is -0.325 e. The molecular weight excluding hydrogens is 208 g/mol. The molecule has 0 atom stereocenters. The number of hydrogen-bond donors (Lipinski definition) is 1. The van der Waals surface area contributed by atoms with Gasteiger partial charge < -0.3 is 5.32 Å². The summed E-state index contributed by atoms with van der Waals surface area (Å²) in [5.74, 6) is 0.161. The van der Waals surface area contributed by atoms with Gasteiger partial charge in [-0.25, -0.2) is 4.31 Å². The number of carbonyl (C=O) groups excluding carboxylic acids is 1. The fourth-order valence-corrected chi connectivity index (χ4v) is 3.07. The highest BCUT2D eigenvalue weighted by Crippen LogP contribution is 2.45. The van der Waals surface area contributed by atoms with Gasteiger partial charge in [0.15, 0.2) is 0 Å². The molecular formula is C11H12N2OS.